The van der Waals surface area contributed by atoms with Crippen molar-refractivity contribution < 1.29 is 12.8 Å². The van der Waals surface area contributed by atoms with Gasteiger partial charge in [0.2, 0.25) is 10.0 Å². The minimum absolute atomic E-state index is 0.109. The topological polar surface area (TPSA) is 58.2 Å². The van der Waals surface area contributed by atoms with Crippen LogP contribution >= 0.6 is 0 Å². The van der Waals surface area contributed by atoms with Crippen molar-refractivity contribution in [2.45, 2.75) is 12.3 Å². The van der Waals surface area contributed by atoms with Crippen molar-refractivity contribution in [3.63, 3.8) is 0 Å². The Labute approximate surface area is 116 Å². The Kier molecular flexibility index (Phi) is 3.10. The Morgan fingerprint density at radius 1 is 1.20 bits per heavy atom. The first kappa shape index (κ1) is 12.9. The molecule has 0 saturated heterocycles. The summed E-state index contributed by atoms with van der Waals surface area (Å²) in [6, 6.07) is 12.4. The Bertz CT molecular complexity index is 745. The van der Waals surface area contributed by atoms with E-state index in [0.29, 0.717) is 23.5 Å². The smallest absolute Gasteiger partial charge is 0.237 e. The zero-order valence-corrected chi connectivity index (χ0v) is 11.4. The van der Waals surface area contributed by atoms with Crippen LogP contribution in [0.2, 0.25) is 0 Å². The molecule has 1 aliphatic heterocycles. The maximum absolute atomic E-state index is 13.9. The molecule has 6 heteroatoms. The van der Waals surface area contributed by atoms with Crippen molar-refractivity contribution in [2.75, 3.05) is 10.0 Å². The molecule has 0 spiro atoms. The van der Waals surface area contributed by atoms with Gasteiger partial charge in [0.15, 0.2) is 0 Å². The average Bonchev–Trinajstić information content (AvgIpc) is 2.70. The normalized spacial score (nSPS) is 15.4. The highest BCUT2D eigenvalue weighted by Gasteiger charge is 2.25. The molecule has 3 rings (SSSR count). The van der Waals surface area contributed by atoms with Gasteiger partial charge in [0.1, 0.15) is 5.82 Å². The van der Waals surface area contributed by atoms with Crippen LogP contribution in [0.5, 0.6) is 0 Å². The van der Waals surface area contributed by atoms with Gasteiger partial charge in [0.25, 0.3) is 0 Å². The molecule has 0 fully saturated rings. The van der Waals surface area contributed by atoms with Crippen molar-refractivity contribution in [2.24, 2.45) is 0 Å². The maximum atomic E-state index is 13.9. The Morgan fingerprint density at radius 2 is 1.95 bits per heavy atom. The summed E-state index contributed by atoms with van der Waals surface area (Å²) in [5.41, 5.74) is 2.25. The van der Waals surface area contributed by atoms with Crippen LogP contribution in [0.3, 0.4) is 0 Å². The highest BCUT2D eigenvalue weighted by atomic mass is 32.2. The Morgan fingerprint density at radius 3 is 2.70 bits per heavy atom. The lowest BCUT2D eigenvalue weighted by molar-refractivity contribution is 0.602. The minimum Gasteiger partial charge on any atom is -0.379 e. The summed E-state index contributed by atoms with van der Waals surface area (Å²) in [6.07, 6.45) is 0. The van der Waals surface area contributed by atoms with E-state index in [1.54, 1.807) is 6.07 Å². The Hall–Kier alpha value is -2.08. The molecule has 2 N–H and O–H groups in total. The van der Waals surface area contributed by atoms with Crippen molar-refractivity contribution in [1.82, 2.24) is 0 Å². The third kappa shape index (κ3) is 2.60. The van der Waals surface area contributed by atoms with Gasteiger partial charge in [-0.25, -0.2) is 12.8 Å². The van der Waals surface area contributed by atoms with Gasteiger partial charge in [-0.15, -0.1) is 0 Å². The van der Waals surface area contributed by atoms with Crippen LogP contribution in [0, 0.1) is 5.82 Å². The van der Waals surface area contributed by atoms with E-state index in [9.17, 15) is 12.8 Å². The zero-order chi connectivity index (χ0) is 14.2. The molecule has 0 radical (unpaired) electrons. The van der Waals surface area contributed by atoms with E-state index in [2.05, 4.69) is 10.0 Å². The highest BCUT2D eigenvalue weighted by Crippen LogP contribution is 2.31. The molecule has 20 heavy (non-hydrogen) atoms. The lowest BCUT2D eigenvalue weighted by Gasteiger charge is -2.09. The second kappa shape index (κ2) is 4.79. The van der Waals surface area contributed by atoms with E-state index in [1.165, 1.54) is 6.07 Å². The van der Waals surface area contributed by atoms with Crippen LogP contribution in [0.4, 0.5) is 15.8 Å². The van der Waals surface area contributed by atoms with Crippen LogP contribution < -0.4 is 10.0 Å². The fourth-order valence-electron chi connectivity index (χ4n) is 2.17. The van der Waals surface area contributed by atoms with Crippen molar-refractivity contribution >= 4 is 21.4 Å². The number of hydrogen-bond acceptors (Lipinski definition) is 3. The SMILES string of the molecule is O=S1(=O)Cc2cc(NCc3ccccc3)c(F)cc2N1. The molecular weight excluding hydrogens is 279 g/mol. The first-order valence-corrected chi connectivity index (χ1v) is 7.79. The van der Waals surface area contributed by atoms with E-state index in [4.69, 9.17) is 0 Å². The number of rotatable bonds is 3. The fourth-order valence-corrected chi connectivity index (χ4v) is 3.41. The first-order valence-electron chi connectivity index (χ1n) is 6.14. The van der Waals surface area contributed by atoms with Crippen LogP contribution in [-0.4, -0.2) is 8.42 Å². The molecular formula is C14H13FN2O2S. The molecule has 0 atom stereocenters. The average molecular weight is 292 g/mol. The van der Waals surface area contributed by atoms with E-state index < -0.39 is 15.8 Å². The molecule has 0 aliphatic carbocycles. The van der Waals surface area contributed by atoms with Gasteiger partial charge in [0.05, 0.1) is 17.1 Å². The fraction of sp³-hybridized carbons (Fsp3) is 0.143. The molecule has 2 aromatic rings. The maximum Gasteiger partial charge on any atom is 0.237 e. The monoisotopic (exact) mass is 292 g/mol. The molecule has 0 bridgehead atoms. The van der Waals surface area contributed by atoms with Gasteiger partial charge >= 0.3 is 0 Å². The first-order chi connectivity index (χ1) is 9.53. The summed E-state index contributed by atoms with van der Waals surface area (Å²) < 4.78 is 39.1. The van der Waals surface area contributed by atoms with Gasteiger partial charge in [-0.1, -0.05) is 30.3 Å². The lowest BCUT2D eigenvalue weighted by Crippen LogP contribution is -2.05. The second-order valence-electron chi connectivity index (χ2n) is 4.69. The molecule has 104 valence electrons. The summed E-state index contributed by atoms with van der Waals surface area (Å²) >= 11 is 0. The number of benzene rings is 2. The van der Waals surface area contributed by atoms with E-state index >= 15 is 0 Å². The van der Waals surface area contributed by atoms with Gasteiger partial charge in [-0.3, -0.25) is 4.72 Å². The molecule has 2 aromatic carbocycles. The predicted octanol–water partition coefficient (Wildman–Crippen LogP) is 2.69. The number of nitrogens with one attached hydrogen (secondary N) is 2. The van der Waals surface area contributed by atoms with E-state index in [-0.39, 0.29) is 5.75 Å². The zero-order valence-electron chi connectivity index (χ0n) is 10.6. The predicted molar refractivity (Wildman–Crippen MR) is 76.4 cm³/mol. The van der Waals surface area contributed by atoms with E-state index in [0.717, 1.165) is 5.56 Å². The van der Waals surface area contributed by atoms with Gasteiger partial charge in [0, 0.05) is 12.6 Å². The molecule has 0 amide bonds. The van der Waals surface area contributed by atoms with Crippen LogP contribution in [0.25, 0.3) is 0 Å². The van der Waals surface area contributed by atoms with Crippen LogP contribution in [0.15, 0.2) is 42.5 Å². The van der Waals surface area contributed by atoms with Crippen LogP contribution in [0.1, 0.15) is 11.1 Å². The van der Waals surface area contributed by atoms with Crippen molar-refractivity contribution in [3.05, 3.63) is 59.4 Å². The van der Waals surface area contributed by atoms with Crippen molar-refractivity contribution in [3.8, 4) is 0 Å². The van der Waals surface area contributed by atoms with Gasteiger partial charge in [-0.2, -0.15) is 0 Å². The molecule has 0 aromatic heterocycles. The lowest BCUT2D eigenvalue weighted by atomic mass is 10.1. The van der Waals surface area contributed by atoms with Gasteiger partial charge < -0.3 is 5.32 Å². The van der Waals surface area contributed by atoms with Gasteiger partial charge in [-0.05, 0) is 17.2 Å². The summed E-state index contributed by atoms with van der Waals surface area (Å²) in [6.45, 7) is 0.483. The summed E-state index contributed by atoms with van der Waals surface area (Å²) in [4.78, 5) is 0. The third-order valence-corrected chi connectivity index (χ3v) is 4.35. The molecule has 0 saturated carbocycles. The minimum atomic E-state index is -3.35. The quantitative estimate of drug-likeness (QED) is 0.914. The molecule has 1 heterocycles. The number of halogens is 1. The highest BCUT2D eigenvalue weighted by molar-refractivity contribution is 7.92. The van der Waals surface area contributed by atoms with Crippen LogP contribution in [-0.2, 0) is 22.3 Å². The molecule has 4 nitrogen and oxygen atoms in total. The van der Waals surface area contributed by atoms with Crippen molar-refractivity contribution in [1.29, 1.82) is 0 Å². The summed E-state index contributed by atoms with van der Waals surface area (Å²) in [5.74, 6) is -0.577. The number of fused-ring (bicyclic) bond motifs is 1. The summed E-state index contributed by atoms with van der Waals surface area (Å²) in [5, 5.41) is 2.99. The summed E-state index contributed by atoms with van der Waals surface area (Å²) in [7, 11) is -3.35. The number of anilines is 2. The second-order valence-corrected chi connectivity index (χ2v) is 6.41. The van der Waals surface area contributed by atoms with E-state index in [1.807, 2.05) is 30.3 Å². The Balaban J connectivity index is 1.82. The number of sulfonamides is 1. The third-order valence-electron chi connectivity index (χ3n) is 3.13. The molecule has 1 aliphatic rings. The largest absolute Gasteiger partial charge is 0.379 e. The molecule has 0 unspecified atom stereocenters. The standard InChI is InChI=1S/C14H13FN2O2S/c15-12-7-13-11(9-20(18,19)17-13)6-14(12)16-8-10-4-2-1-3-5-10/h1-7,16-17H,8-9H2. The number of hydrogen-bond donors (Lipinski definition) is 2.